The Morgan fingerprint density at radius 3 is 1.94 bits per heavy atom. The smallest absolute Gasteiger partial charge is 0.305 e. The molecule has 2 rings (SSSR count). The highest BCUT2D eigenvalue weighted by Crippen LogP contribution is 2.34. The highest BCUT2D eigenvalue weighted by atomic mass is 127. The van der Waals surface area contributed by atoms with Crippen molar-refractivity contribution in [2.75, 3.05) is 21.3 Å². The molecular weight excluding hydrogens is 692 g/mol. The number of esters is 1. The zero-order valence-electron chi connectivity index (χ0n) is 18.7. The number of hydrogen-bond acceptors (Lipinski definition) is 6. The SMILES string of the molecule is C.COC(=O)CCC(OC)(OC)c1cc(I)ccc1F.O=C(O)CCC(=O)c1cc(I)ccc1F. The van der Waals surface area contributed by atoms with Crippen molar-refractivity contribution < 1.29 is 42.5 Å². The van der Waals surface area contributed by atoms with Crippen LogP contribution in [0, 0.1) is 18.8 Å². The zero-order chi connectivity index (χ0) is 25.9. The molecular formula is C24H28F2I2O7. The van der Waals surface area contributed by atoms with E-state index in [0.717, 1.165) is 7.14 Å². The van der Waals surface area contributed by atoms with E-state index >= 15 is 0 Å². The van der Waals surface area contributed by atoms with E-state index in [4.69, 9.17) is 14.6 Å². The largest absolute Gasteiger partial charge is 0.481 e. The van der Waals surface area contributed by atoms with Gasteiger partial charge in [0.25, 0.3) is 0 Å². The van der Waals surface area contributed by atoms with Crippen LogP contribution in [0.4, 0.5) is 8.78 Å². The normalized spacial score (nSPS) is 10.5. The summed E-state index contributed by atoms with van der Waals surface area (Å²) in [5.74, 6) is -4.27. The van der Waals surface area contributed by atoms with Crippen molar-refractivity contribution in [2.45, 2.75) is 38.9 Å². The number of carboxylic acid groups (broad SMARTS) is 1. The van der Waals surface area contributed by atoms with Crippen LogP contribution in [0.3, 0.4) is 0 Å². The standard InChI is InChI=1S/C13H16FIO4.C10H8FIO3.CH4/c1-17-12(16)6-7-13(18-2,19-3)10-8-9(15)4-5-11(10)14;11-8-2-1-6(12)5-7(8)9(13)3-4-10(14)15;/h4-5,8H,6-7H2,1-3H3;1-2,5H,3-4H2,(H,14,15);1H4. The number of hydrogen-bond donors (Lipinski definition) is 1. The predicted octanol–water partition coefficient (Wildman–Crippen LogP) is 5.94. The van der Waals surface area contributed by atoms with E-state index in [-0.39, 0.29) is 44.2 Å². The van der Waals surface area contributed by atoms with Crippen molar-refractivity contribution in [1.29, 1.82) is 0 Å². The van der Waals surface area contributed by atoms with E-state index in [0.29, 0.717) is 0 Å². The molecule has 0 unspecified atom stereocenters. The quantitative estimate of drug-likeness (QED) is 0.140. The number of ketones is 1. The summed E-state index contributed by atoms with van der Waals surface area (Å²) >= 11 is 4.04. The van der Waals surface area contributed by atoms with Gasteiger partial charge < -0.3 is 19.3 Å². The number of rotatable bonds is 10. The first kappa shape index (κ1) is 33.3. The van der Waals surface area contributed by atoms with Gasteiger partial charge in [-0.3, -0.25) is 14.4 Å². The van der Waals surface area contributed by atoms with Crippen LogP contribution in [-0.2, 0) is 29.6 Å². The Balaban J connectivity index is 0.000000659. The number of Topliss-reactive ketones (excluding diaryl/α,β-unsaturated/α-hetero) is 1. The molecule has 0 saturated carbocycles. The van der Waals surface area contributed by atoms with Gasteiger partial charge in [0.2, 0.25) is 0 Å². The molecule has 0 fully saturated rings. The van der Waals surface area contributed by atoms with Crippen LogP contribution in [0.5, 0.6) is 0 Å². The van der Waals surface area contributed by atoms with Crippen LogP contribution in [0.25, 0.3) is 0 Å². The van der Waals surface area contributed by atoms with Crippen molar-refractivity contribution in [3.05, 3.63) is 66.3 Å². The van der Waals surface area contributed by atoms with Crippen molar-refractivity contribution >= 4 is 62.9 Å². The van der Waals surface area contributed by atoms with Gasteiger partial charge in [-0.2, -0.15) is 0 Å². The number of aliphatic carboxylic acids is 1. The van der Waals surface area contributed by atoms with E-state index < -0.39 is 35.1 Å². The number of ether oxygens (including phenoxy) is 3. The lowest BCUT2D eigenvalue weighted by Crippen LogP contribution is -2.33. The average molecular weight is 720 g/mol. The maximum Gasteiger partial charge on any atom is 0.305 e. The number of carbonyl (C=O) groups is 3. The van der Waals surface area contributed by atoms with Gasteiger partial charge in [-0.05, 0) is 81.6 Å². The zero-order valence-corrected chi connectivity index (χ0v) is 23.0. The Kier molecular flexibility index (Phi) is 15.3. The van der Waals surface area contributed by atoms with Crippen molar-refractivity contribution in [3.8, 4) is 0 Å². The fourth-order valence-electron chi connectivity index (χ4n) is 2.87. The first-order chi connectivity index (χ1) is 16.0. The molecule has 0 aromatic heterocycles. The van der Waals surface area contributed by atoms with Gasteiger partial charge in [0, 0.05) is 39.8 Å². The molecule has 0 radical (unpaired) electrons. The molecule has 0 saturated heterocycles. The molecule has 1 N–H and O–H groups in total. The third kappa shape index (κ3) is 10.4. The minimum Gasteiger partial charge on any atom is -0.481 e. The first-order valence-corrected chi connectivity index (χ1v) is 12.0. The summed E-state index contributed by atoms with van der Waals surface area (Å²) < 4.78 is 44.0. The molecule has 0 aliphatic heterocycles. The van der Waals surface area contributed by atoms with Gasteiger partial charge >= 0.3 is 11.9 Å². The van der Waals surface area contributed by atoms with Gasteiger partial charge in [0.05, 0.1) is 25.5 Å². The highest BCUT2D eigenvalue weighted by molar-refractivity contribution is 14.1. The Morgan fingerprint density at radius 2 is 1.43 bits per heavy atom. The minimum atomic E-state index is -1.29. The molecule has 11 heteroatoms. The molecule has 0 atom stereocenters. The number of methoxy groups -OCH3 is 3. The van der Waals surface area contributed by atoms with Crippen molar-refractivity contribution in [3.63, 3.8) is 0 Å². The molecule has 7 nitrogen and oxygen atoms in total. The van der Waals surface area contributed by atoms with Crippen LogP contribution >= 0.6 is 45.2 Å². The maximum absolute atomic E-state index is 14.0. The van der Waals surface area contributed by atoms with Gasteiger partial charge in [0.15, 0.2) is 11.6 Å². The number of carboxylic acids is 1. The average Bonchev–Trinajstić information content (AvgIpc) is 2.82. The monoisotopic (exact) mass is 720 g/mol. The second kappa shape index (κ2) is 16.1. The summed E-state index contributed by atoms with van der Waals surface area (Å²) in [6.45, 7) is 0. The van der Waals surface area contributed by atoms with Gasteiger partial charge in [-0.15, -0.1) is 0 Å². The molecule has 2 aromatic rings. The van der Waals surface area contributed by atoms with Crippen LogP contribution in [-0.4, -0.2) is 44.2 Å². The van der Waals surface area contributed by atoms with Crippen molar-refractivity contribution in [1.82, 2.24) is 0 Å². The summed E-state index contributed by atoms with van der Waals surface area (Å²) in [6, 6.07) is 8.80. The number of carbonyl (C=O) groups excluding carboxylic acids is 2. The third-order valence-electron chi connectivity index (χ3n) is 4.68. The summed E-state index contributed by atoms with van der Waals surface area (Å²) in [5, 5.41) is 8.39. The summed E-state index contributed by atoms with van der Waals surface area (Å²) in [4.78, 5) is 32.9. The second-order valence-corrected chi connectivity index (χ2v) is 9.29. The third-order valence-corrected chi connectivity index (χ3v) is 6.02. The van der Waals surface area contributed by atoms with Gasteiger partial charge in [-0.1, -0.05) is 7.43 Å². The lowest BCUT2D eigenvalue weighted by Gasteiger charge is -2.31. The molecule has 0 bridgehead atoms. The molecule has 0 heterocycles. The predicted molar refractivity (Wildman–Crippen MR) is 143 cm³/mol. The molecule has 0 amide bonds. The lowest BCUT2D eigenvalue weighted by molar-refractivity contribution is -0.223. The number of benzene rings is 2. The van der Waals surface area contributed by atoms with Crippen LogP contribution in [0.15, 0.2) is 36.4 Å². The van der Waals surface area contributed by atoms with Gasteiger partial charge in [0.1, 0.15) is 11.6 Å². The Morgan fingerprint density at radius 1 is 0.886 bits per heavy atom. The van der Waals surface area contributed by atoms with Crippen LogP contribution in [0.2, 0.25) is 0 Å². The molecule has 2 aromatic carbocycles. The van der Waals surface area contributed by atoms with Crippen molar-refractivity contribution in [2.24, 2.45) is 0 Å². The van der Waals surface area contributed by atoms with E-state index in [1.165, 1.54) is 39.5 Å². The Labute approximate surface area is 230 Å². The second-order valence-electron chi connectivity index (χ2n) is 6.80. The summed E-state index contributed by atoms with van der Waals surface area (Å²) in [5.41, 5.74) is 0.233. The maximum atomic E-state index is 14.0. The summed E-state index contributed by atoms with van der Waals surface area (Å²) in [7, 11) is 4.13. The highest BCUT2D eigenvalue weighted by Gasteiger charge is 2.35. The minimum absolute atomic E-state index is 0. The molecule has 35 heavy (non-hydrogen) atoms. The first-order valence-electron chi connectivity index (χ1n) is 9.82. The fraction of sp³-hybridized carbons (Fsp3) is 0.375. The van der Waals surface area contributed by atoms with E-state index in [2.05, 4.69) is 27.3 Å². The molecule has 0 spiro atoms. The van der Waals surface area contributed by atoms with Crippen LogP contribution in [0.1, 0.15) is 49.0 Å². The number of halogens is 4. The van der Waals surface area contributed by atoms with Gasteiger partial charge in [-0.25, -0.2) is 8.78 Å². The Bertz CT molecular complexity index is 1010. The van der Waals surface area contributed by atoms with E-state index in [1.807, 2.05) is 22.6 Å². The van der Waals surface area contributed by atoms with E-state index in [9.17, 15) is 23.2 Å². The van der Waals surface area contributed by atoms with E-state index in [1.54, 1.807) is 18.2 Å². The van der Waals surface area contributed by atoms with Crippen LogP contribution < -0.4 is 0 Å². The summed E-state index contributed by atoms with van der Waals surface area (Å²) in [6.07, 6.45) is -0.205. The Hall–Kier alpha value is -1.71. The fourth-order valence-corrected chi connectivity index (χ4v) is 3.85. The molecule has 0 aliphatic carbocycles. The molecule has 194 valence electrons. The molecule has 0 aliphatic rings. The topological polar surface area (TPSA) is 99.1 Å². The lowest BCUT2D eigenvalue weighted by atomic mass is 9.99.